The van der Waals surface area contributed by atoms with Crippen molar-refractivity contribution in [2.45, 2.75) is 25.8 Å². The Labute approximate surface area is 226 Å². The van der Waals surface area contributed by atoms with E-state index < -0.39 is 17.9 Å². The number of phenolic OH excluding ortho intramolecular Hbond substituents is 1. The van der Waals surface area contributed by atoms with Crippen LogP contribution in [0.15, 0.2) is 90.2 Å². The second kappa shape index (κ2) is 10.2. The highest BCUT2D eigenvalue weighted by atomic mass is 16.5. The standard InChI is InChI=1S/C32H29NO6/c1-18-14-22(31(36)37)15-19(2)30(18)39-32(38)29-24-6-4-5-7-26(24)33(3)27-17-21(10-13-25(27)29)28(35)16-20-8-11-23(34)12-9-20/h4-17,25,27,29,34-35H,1-3H3,(H,36,37)/b28-16-. The number of aromatic carboxylic acids is 1. The molecule has 39 heavy (non-hydrogen) atoms. The Morgan fingerprint density at radius 3 is 2.31 bits per heavy atom. The zero-order valence-electron chi connectivity index (χ0n) is 21.8. The highest BCUT2D eigenvalue weighted by molar-refractivity contribution is 5.89. The maximum Gasteiger partial charge on any atom is 0.335 e. The van der Waals surface area contributed by atoms with E-state index in [1.807, 2.05) is 49.5 Å². The van der Waals surface area contributed by atoms with Crippen LogP contribution >= 0.6 is 0 Å². The maximum atomic E-state index is 13.8. The molecule has 7 nitrogen and oxygen atoms in total. The summed E-state index contributed by atoms with van der Waals surface area (Å²) in [5, 5.41) is 29.8. The number of likely N-dealkylation sites (N-methyl/N-ethyl adjacent to an activating group) is 1. The van der Waals surface area contributed by atoms with Crippen molar-refractivity contribution < 1.29 is 29.6 Å². The number of para-hydroxylation sites is 1. The van der Waals surface area contributed by atoms with Crippen LogP contribution in [0.25, 0.3) is 6.08 Å². The molecule has 2 aliphatic rings. The van der Waals surface area contributed by atoms with Gasteiger partial charge in [0.2, 0.25) is 0 Å². The summed E-state index contributed by atoms with van der Waals surface area (Å²) in [5.74, 6) is -1.75. The smallest absolute Gasteiger partial charge is 0.335 e. The minimum absolute atomic E-state index is 0.0755. The summed E-state index contributed by atoms with van der Waals surface area (Å²) in [4.78, 5) is 27.3. The summed E-state index contributed by atoms with van der Waals surface area (Å²) in [6, 6.07) is 17.0. The molecule has 3 atom stereocenters. The summed E-state index contributed by atoms with van der Waals surface area (Å²) < 4.78 is 5.97. The second-order valence-electron chi connectivity index (χ2n) is 9.98. The zero-order valence-corrected chi connectivity index (χ0v) is 21.8. The summed E-state index contributed by atoms with van der Waals surface area (Å²) in [5.41, 5.74) is 4.39. The molecule has 0 aromatic heterocycles. The quantitative estimate of drug-likeness (QED) is 0.216. The Hall–Kier alpha value is -4.78. The average molecular weight is 524 g/mol. The van der Waals surface area contributed by atoms with Gasteiger partial charge in [0, 0.05) is 24.2 Å². The van der Waals surface area contributed by atoms with Gasteiger partial charge in [0.05, 0.1) is 17.5 Å². The van der Waals surface area contributed by atoms with Crippen LogP contribution in [0, 0.1) is 19.8 Å². The van der Waals surface area contributed by atoms with Crippen molar-refractivity contribution in [2.75, 3.05) is 11.9 Å². The minimum Gasteiger partial charge on any atom is -0.508 e. The predicted molar refractivity (Wildman–Crippen MR) is 149 cm³/mol. The average Bonchev–Trinajstić information content (AvgIpc) is 2.91. The van der Waals surface area contributed by atoms with E-state index in [4.69, 9.17) is 4.74 Å². The highest BCUT2D eigenvalue weighted by Crippen LogP contribution is 2.45. The largest absolute Gasteiger partial charge is 0.508 e. The lowest BCUT2D eigenvalue weighted by Crippen LogP contribution is -2.47. The molecule has 1 aliphatic heterocycles. The Bertz CT molecular complexity index is 1530. The number of aryl methyl sites for hydroxylation is 2. The van der Waals surface area contributed by atoms with Gasteiger partial charge in [-0.2, -0.15) is 0 Å². The Morgan fingerprint density at radius 2 is 1.64 bits per heavy atom. The first-order valence-corrected chi connectivity index (χ1v) is 12.6. The number of rotatable bonds is 5. The van der Waals surface area contributed by atoms with Crippen molar-refractivity contribution in [3.05, 3.63) is 118 Å². The van der Waals surface area contributed by atoms with Gasteiger partial charge in [-0.3, -0.25) is 4.79 Å². The summed E-state index contributed by atoms with van der Waals surface area (Å²) in [7, 11) is 1.96. The second-order valence-corrected chi connectivity index (χ2v) is 9.98. The predicted octanol–water partition coefficient (Wildman–Crippen LogP) is 5.93. The third-order valence-corrected chi connectivity index (χ3v) is 7.38. The number of carboxylic acids is 1. The molecule has 3 unspecified atom stereocenters. The monoisotopic (exact) mass is 523 g/mol. The Kier molecular flexibility index (Phi) is 6.74. The van der Waals surface area contributed by atoms with E-state index in [0.29, 0.717) is 22.4 Å². The van der Waals surface area contributed by atoms with Crippen LogP contribution in [0.3, 0.4) is 0 Å². The van der Waals surface area contributed by atoms with Crippen LogP contribution in [-0.2, 0) is 4.79 Å². The molecule has 3 aromatic rings. The number of hydrogen-bond acceptors (Lipinski definition) is 6. The zero-order chi connectivity index (χ0) is 27.8. The summed E-state index contributed by atoms with van der Waals surface area (Å²) in [6.07, 6.45) is 7.33. The van der Waals surface area contributed by atoms with E-state index in [0.717, 1.165) is 16.8 Å². The van der Waals surface area contributed by atoms with E-state index >= 15 is 0 Å². The van der Waals surface area contributed by atoms with Crippen LogP contribution in [0.5, 0.6) is 11.5 Å². The molecule has 1 heterocycles. The molecule has 5 rings (SSSR count). The Morgan fingerprint density at radius 1 is 0.974 bits per heavy atom. The molecule has 198 valence electrons. The molecule has 7 heteroatoms. The van der Waals surface area contributed by atoms with Gasteiger partial charge >= 0.3 is 11.9 Å². The van der Waals surface area contributed by atoms with Crippen molar-refractivity contribution in [1.29, 1.82) is 0 Å². The van der Waals surface area contributed by atoms with Crippen LogP contribution in [0.2, 0.25) is 0 Å². The molecule has 0 saturated heterocycles. The van der Waals surface area contributed by atoms with E-state index in [9.17, 15) is 24.9 Å². The number of fused-ring (bicyclic) bond motifs is 2. The number of esters is 1. The number of aromatic hydroxyl groups is 1. The molecule has 0 saturated carbocycles. The van der Waals surface area contributed by atoms with Gasteiger partial charge in [-0.15, -0.1) is 0 Å². The van der Waals surface area contributed by atoms with E-state index in [1.165, 1.54) is 12.1 Å². The fourth-order valence-corrected chi connectivity index (χ4v) is 5.46. The van der Waals surface area contributed by atoms with Crippen LogP contribution < -0.4 is 9.64 Å². The van der Waals surface area contributed by atoms with Crippen LogP contribution in [0.1, 0.15) is 38.5 Å². The van der Waals surface area contributed by atoms with Crippen LogP contribution in [0.4, 0.5) is 5.69 Å². The maximum absolute atomic E-state index is 13.8. The molecular weight excluding hydrogens is 494 g/mol. The number of anilines is 1. The molecule has 3 N–H and O–H groups in total. The highest BCUT2D eigenvalue weighted by Gasteiger charge is 2.43. The SMILES string of the molecule is Cc1cc(C(=O)O)cc(C)c1OC(=O)C1c2ccccc2N(C)C2C=C(/C(O)=C/c3ccc(O)cc3)C=CC12. The van der Waals surface area contributed by atoms with Crippen molar-refractivity contribution in [3.63, 3.8) is 0 Å². The molecule has 0 fully saturated rings. The third-order valence-electron chi connectivity index (χ3n) is 7.38. The number of ether oxygens (including phenoxy) is 1. The number of aliphatic hydroxyl groups is 1. The van der Waals surface area contributed by atoms with Crippen molar-refractivity contribution >= 4 is 23.7 Å². The number of carboxylic acid groups (broad SMARTS) is 1. The van der Waals surface area contributed by atoms with E-state index in [1.54, 1.807) is 44.2 Å². The lowest BCUT2D eigenvalue weighted by molar-refractivity contribution is -0.137. The van der Waals surface area contributed by atoms with E-state index in [-0.39, 0.29) is 29.0 Å². The third kappa shape index (κ3) is 4.91. The van der Waals surface area contributed by atoms with Gasteiger partial charge in [0.1, 0.15) is 17.3 Å². The summed E-state index contributed by atoms with van der Waals surface area (Å²) >= 11 is 0. The number of benzene rings is 3. The van der Waals surface area contributed by atoms with Gasteiger partial charge < -0.3 is 25.0 Å². The first kappa shape index (κ1) is 25.9. The number of carbonyl (C=O) groups is 2. The summed E-state index contributed by atoms with van der Waals surface area (Å²) in [6.45, 7) is 3.46. The number of nitrogens with zero attached hydrogens (tertiary/aromatic N) is 1. The number of aliphatic hydroxyl groups excluding tert-OH is 1. The molecule has 0 bridgehead atoms. The fraction of sp³-hybridized carbons (Fsp3) is 0.188. The van der Waals surface area contributed by atoms with Crippen molar-refractivity contribution in [1.82, 2.24) is 0 Å². The number of phenols is 1. The number of carbonyl (C=O) groups excluding carboxylic acids is 1. The Balaban J connectivity index is 1.49. The van der Waals surface area contributed by atoms with Crippen molar-refractivity contribution in [3.8, 4) is 11.5 Å². The first-order valence-electron chi connectivity index (χ1n) is 12.6. The van der Waals surface area contributed by atoms with Crippen molar-refractivity contribution in [2.24, 2.45) is 5.92 Å². The van der Waals surface area contributed by atoms with Gasteiger partial charge in [-0.05, 0) is 72.5 Å². The van der Waals surface area contributed by atoms with Gasteiger partial charge in [-0.1, -0.05) is 48.6 Å². The lowest BCUT2D eigenvalue weighted by Gasteiger charge is -2.44. The number of hydrogen-bond donors (Lipinski definition) is 3. The van der Waals surface area contributed by atoms with Gasteiger partial charge in [0.25, 0.3) is 0 Å². The van der Waals surface area contributed by atoms with E-state index in [2.05, 4.69) is 4.90 Å². The van der Waals surface area contributed by atoms with Gasteiger partial charge in [-0.25, -0.2) is 4.79 Å². The molecule has 0 radical (unpaired) electrons. The van der Waals surface area contributed by atoms with Crippen LogP contribution in [-0.4, -0.2) is 40.3 Å². The number of allylic oxidation sites excluding steroid dienone is 1. The molecular formula is C32H29NO6. The fourth-order valence-electron chi connectivity index (χ4n) is 5.46. The lowest BCUT2D eigenvalue weighted by atomic mass is 9.73. The molecule has 0 amide bonds. The minimum atomic E-state index is -1.04. The normalized spacial score (nSPS) is 20.1. The topological polar surface area (TPSA) is 107 Å². The molecule has 3 aromatic carbocycles. The molecule has 0 spiro atoms. The molecule has 1 aliphatic carbocycles. The first-order chi connectivity index (χ1) is 18.6. The van der Waals surface area contributed by atoms with Gasteiger partial charge in [0.15, 0.2) is 0 Å².